The molecule has 0 aliphatic carbocycles. The third-order valence-corrected chi connectivity index (χ3v) is 3.13. The van der Waals surface area contributed by atoms with Crippen LogP contribution in [0.2, 0.25) is 0 Å². The highest BCUT2D eigenvalue weighted by Gasteiger charge is 2.19. The predicted molar refractivity (Wildman–Crippen MR) is 64.4 cm³/mol. The summed E-state index contributed by atoms with van der Waals surface area (Å²) in [4.78, 5) is 14.1. The second-order valence-corrected chi connectivity index (χ2v) is 4.30. The molecule has 2 aromatic rings. The molecule has 0 atom stereocenters. The van der Waals surface area contributed by atoms with Gasteiger partial charge in [0.25, 0.3) is 5.91 Å². The zero-order valence-corrected chi connectivity index (χ0v) is 10.2. The van der Waals surface area contributed by atoms with Crippen molar-refractivity contribution >= 4 is 11.6 Å². The van der Waals surface area contributed by atoms with Gasteiger partial charge in [0.1, 0.15) is 5.82 Å². The Morgan fingerprint density at radius 2 is 2.11 bits per heavy atom. The summed E-state index contributed by atoms with van der Waals surface area (Å²) in [6.45, 7) is 4.39. The van der Waals surface area contributed by atoms with Gasteiger partial charge in [-0.15, -0.1) is 10.2 Å². The first-order chi connectivity index (χ1) is 8.75. The van der Waals surface area contributed by atoms with E-state index in [-0.39, 0.29) is 5.91 Å². The topological polar surface area (TPSA) is 59.7 Å². The zero-order chi connectivity index (χ0) is 12.5. The molecular formula is C12H14N4O2. The fourth-order valence-corrected chi connectivity index (χ4v) is 2.09. The van der Waals surface area contributed by atoms with Gasteiger partial charge in [-0.3, -0.25) is 9.20 Å². The third-order valence-electron chi connectivity index (χ3n) is 3.13. The lowest BCUT2D eigenvalue weighted by Gasteiger charge is -2.26. The molecule has 3 rings (SSSR count). The normalized spacial score (nSPS) is 16.2. The molecule has 94 valence electrons. The molecule has 1 aliphatic rings. The highest BCUT2D eigenvalue weighted by Crippen LogP contribution is 2.11. The van der Waals surface area contributed by atoms with Gasteiger partial charge in [-0.1, -0.05) is 0 Å². The van der Waals surface area contributed by atoms with Crippen LogP contribution in [0, 0.1) is 6.92 Å². The van der Waals surface area contributed by atoms with E-state index in [0.717, 1.165) is 5.82 Å². The first-order valence-electron chi connectivity index (χ1n) is 5.94. The lowest BCUT2D eigenvalue weighted by atomic mass is 10.2. The number of ether oxygens (including phenoxy) is 1. The van der Waals surface area contributed by atoms with Crippen LogP contribution in [0.5, 0.6) is 0 Å². The Morgan fingerprint density at radius 1 is 1.33 bits per heavy atom. The molecule has 0 bridgehead atoms. The Balaban J connectivity index is 1.91. The van der Waals surface area contributed by atoms with Crippen molar-refractivity contribution in [3.05, 3.63) is 29.7 Å². The zero-order valence-electron chi connectivity index (χ0n) is 10.2. The van der Waals surface area contributed by atoms with Gasteiger partial charge < -0.3 is 9.64 Å². The van der Waals surface area contributed by atoms with Crippen LogP contribution in [0.25, 0.3) is 5.65 Å². The minimum atomic E-state index is 0.0291. The molecule has 0 saturated carbocycles. The first kappa shape index (κ1) is 11.2. The quantitative estimate of drug-likeness (QED) is 0.735. The Bertz CT molecular complexity index is 587. The van der Waals surface area contributed by atoms with E-state index in [2.05, 4.69) is 10.2 Å². The minimum absolute atomic E-state index is 0.0291. The van der Waals surface area contributed by atoms with Crippen LogP contribution >= 0.6 is 0 Å². The van der Waals surface area contributed by atoms with E-state index < -0.39 is 0 Å². The molecule has 0 aromatic carbocycles. The Labute approximate surface area is 104 Å². The fraction of sp³-hybridized carbons (Fsp3) is 0.417. The smallest absolute Gasteiger partial charge is 0.254 e. The molecular weight excluding hydrogens is 232 g/mol. The minimum Gasteiger partial charge on any atom is -0.378 e. The molecule has 2 aromatic heterocycles. The highest BCUT2D eigenvalue weighted by molar-refractivity contribution is 5.95. The summed E-state index contributed by atoms with van der Waals surface area (Å²) in [5.74, 6) is 0.844. The van der Waals surface area contributed by atoms with Gasteiger partial charge in [0, 0.05) is 24.8 Å². The van der Waals surface area contributed by atoms with Crippen molar-refractivity contribution in [2.75, 3.05) is 26.3 Å². The SMILES string of the molecule is Cc1nnc2cc(C(=O)N3CCOCC3)ccn12. The van der Waals surface area contributed by atoms with Gasteiger partial charge in [0.15, 0.2) is 5.65 Å². The number of pyridine rings is 1. The number of morpholine rings is 1. The number of nitrogens with zero attached hydrogens (tertiary/aromatic N) is 4. The van der Waals surface area contributed by atoms with Crippen molar-refractivity contribution < 1.29 is 9.53 Å². The second kappa shape index (κ2) is 4.38. The predicted octanol–water partition coefficient (Wildman–Crippen LogP) is 0.510. The van der Waals surface area contributed by atoms with Gasteiger partial charge in [-0.25, -0.2) is 0 Å². The number of carbonyl (C=O) groups excluding carboxylic acids is 1. The van der Waals surface area contributed by atoms with E-state index in [1.165, 1.54) is 0 Å². The van der Waals surface area contributed by atoms with E-state index >= 15 is 0 Å². The molecule has 0 N–H and O–H groups in total. The standard InChI is InChI=1S/C12H14N4O2/c1-9-13-14-11-8-10(2-3-16(9)11)12(17)15-4-6-18-7-5-15/h2-3,8H,4-7H2,1H3. The summed E-state index contributed by atoms with van der Waals surface area (Å²) in [5.41, 5.74) is 1.35. The van der Waals surface area contributed by atoms with E-state index in [9.17, 15) is 4.79 Å². The van der Waals surface area contributed by atoms with Gasteiger partial charge in [0.05, 0.1) is 13.2 Å². The second-order valence-electron chi connectivity index (χ2n) is 4.30. The maximum atomic E-state index is 12.3. The number of rotatable bonds is 1. The maximum absolute atomic E-state index is 12.3. The van der Waals surface area contributed by atoms with Crippen LogP contribution in [-0.4, -0.2) is 51.7 Å². The van der Waals surface area contributed by atoms with Crippen LogP contribution in [0.1, 0.15) is 16.2 Å². The number of amides is 1. The summed E-state index contributed by atoms with van der Waals surface area (Å²) >= 11 is 0. The van der Waals surface area contributed by atoms with Crippen molar-refractivity contribution in [1.82, 2.24) is 19.5 Å². The molecule has 0 radical (unpaired) electrons. The summed E-state index contributed by atoms with van der Waals surface area (Å²) in [7, 11) is 0. The van der Waals surface area contributed by atoms with Gasteiger partial charge in [0.2, 0.25) is 0 Å². The Kier molecular flexibility index (Phi) is 2.71. The largest absolute Gasteiger partial charge is 0.378 e. The van der Waals surface area contributed by atoms with Crippen LogP contribution in [0.15, 0.2) is 18.3 Å². The van der Waals surface area contributed by atoms with Crippen LogP contribution in [0.3, 0.4) is 0 Å². The van der Waals surface area contributed by atoms with Crippen molar-refractivity contribution in [2.24, 2.45) is 0 Å². The summed E-state index contributed by atoms with van der Waals surface area (Å²) in [6.07, 6.45) is 1.83. The van der Waals surface area contributed by atoms with Crippen molar-refractivity contribution in [3.8, 4) is 0 Å². The van der Waals surface area contributed by atoms with Gasteiger partial charge in [-0.05, 0) is 19.1 Å². The molecule has 6 heteroatoms. The van der Waals surface area contributed by atoms with Crippen molar-refractivity contribution in [2.45, 2.75) is 6.92 Å². The van der Waals surface area contributed by atoms with Crippen LogP contribution < -0.4 is 0 Å². The third kappa shape index (κ3) is 1.84. The average molecular weight is 246 g/mol. The van der Waals surface area contributed by atoms with Gasteiger partial charge in [-0.2, -0.15) is 0 Å². The number of hydrogen-bond donors (Lipinski definition) is 0. The average Bonchev–Trinajstić information content (AvgIpc) is 2.80. The molecule has 3 heterocycles. The van der Waals surface area contributed by atoms with E-state index in [1.807, 2.05) is 17.5 Å². The van der Waals surface area contributed by atoms with Crippen molar-refractivity contribution in [1.29, 1.82) is 0 Å². The first-order valence-corrected chi connectivity index (χ1v) is 5.94. The lowest BCUT2D eigenvalue weighted by Crippen LogP contribution is -2.40. The molecule has 0 spiro atoms. The highest BCUT2D eigenvalue weighted by atomic mass is 16.5. The van der Waals surface area contributed by atoms with Crippen LogP contribution in [-0.2, 0) is 4.74 Å². The number of hydrogen-bond acceptors (Lipinski definition) is 4. The van der Waals surface area contributed by atoms with Gasteiger partial charge >= 0.3 is 0 Å². The lowest BCUT2D eigenvalue weighted by molar-refractivity contribution is 0.0303. The molecule has 18 heavy (non-hydrogen) atoms. The summed E-state index contributed by atoms with van der Waals surface area (Å²) in [5, 5.41) is 8.00. The number of aromatic nitrogens is 3. The molecule has 1 saturated heterocycles. The summed E-state index contributed by atoms with van der Waals surface area (Å²) in [6, 6.07) is 3.58. The molecule has 1 aliphatic heterocycles. The molecule has 0 unspecified atom stereocenters. The molecule has 1 fully saturated rings. The number of aryl methyl sites for hydroxylation is 1. The van der Waals surface area contributed by atoms with E-state index in [0.29, 0.717) is 37.5 Å². The van der Waals surface area contributed by atoms with E-state index in [1.54, 1.807) is 17.0 Å². The fourth-order valence-electron chi connectivity index (χ4n) is 2.09. The number of fused-ring (bicyclic) bond motifs is 1. The van der Waals surface area contributed by atoms with Crippen LogP contribution in [0.4, 0.5) is 0 Å². The summed E-state index contributed by atoms with van der Waals surface area (Å²) < 4.78 is 7.10. The monoisotopic (exact) mass is 246 g/mol. The number of carbonyl (C=O) groups is 1. The molecule has 6 nitrogen and oxygen atoms in total. The maximum Gasteiger partial charge on any atom is 0.254 e. The van der Waals surface area contributed by atoms with E-state index in [4.69, 9.17) is 4.74 Å². The Morgan fingerprint density at radius 3 is 2.89 bits per heavy atom. The molecule has 1 amide bonds. The van der Waals surface area contributed by atoms with Crippen molar-refractivity contribution in [3.63, 3.8) is 0 Å². The Hall–Kier alpha value is -1.95.